The van der Waals surface area contributed by atoms with E-state index in [0.717, 1.165) is 24.5 Å². The van der Waals surface area contributed by atoms with Crippen molar-refractivity contribution in [2.45, 2.75) is 13.5 Å². The van der Waals surface area contributed by atoms with Crippen LogP contribution >= 0.6 is 11.6 Å². The number of ether oxygens (including phenoxy) is 3. The molecule has 42 heavy (non-hydrogen) atoms. The van der Waals surface area contributed by atoms with Crippen LogP contribution in [0, 0.1) is 0 Å². The summed E-state index contributed by atoms with van der Waals surface area (Å²) in [4.78, 5) is 29.2. The van der Waals surface area contributed by atoms with E-state index in [1.54, 1.807) is 49.8 Å². The molecule has 0 bridgehead atoms. The Labute approximate surface area is 250 Å². The molecule has 2 aromatic carbocycles. The van der Waals surface area contributed by atoms with Crippen molar-refractivity contribution in [1.29, 1.82) is 0 Å². The number of hydrogen-bond acceptors (Lipinski definition) is 10. The summed E-state index contributed by atoms with van der Waals surface area (Å²) in [6, 6.07) is 16.0. The monoisotopic (exact) mass is 591 g/mol. The number of rotatable bonds is 13. The Morgan fingerprint density at radius 1 is 0.952 bits per heavy atom. The Kier molecular flexibility index (Phi) is 10.4. The maximum absolute atomic E-state index is 12.0. The van der Waals surface area contributed by atoms with Crippen molar-refractivity contribution in [1.82, 2.24) is 19.9 Å². The highest BCUT2D eigenvalue weighted by Crippen LogP contribution is 2.38. The van der Waals surface area contributed by atoms with Crippen LogP contribution in [-0.4, -0.2) is 67.1 Å². The number of carbonyl (C=O) groups is 1. The third kappa shape index (κ3) is 8.45. The molecule has 0 aliphatic carbocycles. The van der Waals surface area contributed by atoms with E-state index in [-0.39, 0.29) is 11.9 Å². The van der Waals surface area contributed by atoms with Crippen molar-refractivity contribution >= 4 is 40.5 Å². The van der Waals surface area contributed by atoms with Crippen LogP contribution in [0.3, 0.4) is 0 Å². The van der Waals surface area contributed by atoms with Crippen LogP contribution in [0.15, 0.2) is 67.0 Å². The summed E-state index contributed by atoms with van der Waals surface area (Å²) in [7, 11) is 7.57. The molecule has 0 fully saturated rings. The molecule has 2 N–H and O–H groups in total. The minimum atomic E-state index is -0.188. The number of nitrogens with one attached hydrogen (secondary N) is 2. The van der Waals surface area contributed by atoms with Crippen molar-refractivity contribution in [2.24, 2.45) is 0 Å². The van der Waals surface area contributed by atoms with Crippen LogP contribution in [0.25, 0.3) is 0 Å². The topological polar surface area (TPSA) is 114 Å². The summed E-state index contributed by atoms with van der Waals surface area (Å²) in [6.45, 7) is 3.35. The van der Waals surface area contributed by atoms with Crippen molar-refractivity contribution in [3.05, 3.63) is 77.7 Å². The zero-order chi connectivity index (χ0) is 30.1. The molecule has 0 aliphatic heterocycles. The van der Waals surface area contributed by atoms with Crippen LogP contribution in [0.5, 0.6) is 23.1 Å². The number of methoxy groups -OCH3 is 1. The lowest BCUT2D eigenvalue weighted by Crippen LogP contribution is -2.29. The largest absolute Gasteiger partial charge is 0.494 e. The summed E-state index contributed by atoms with van der Waals surface area (Å²) in [5.74, 6) is 1.93. The van der Waals surface area contributed by atoms with Gasteiger partial charge in [0.05, 0.1) is 34.9 Å². The van der Waals surface area contributed by atoms with Crippen molar-refractivity contribution in [3.63, 3.8) is 0 Å². The number of nitrogens with zero attached hydrogens (tertiary/aromatic N) is 5. The van der Waals surface area contributed by atoms with Gasteiger partial charge in [-0.05, 0) is 44.4 Å². The summed E-state index contributed by atoms with van der Waals surface area (Å²) in [6.07, 6.45) is 3.28. The zero-order valence-corrected chi connectivity index (χ0v) is 25.0. The van der Waals surface area contributed by atoms with Crippen LogP contribution in [0.4, 0.5) is 23.0 Å². The molecule has 220 valence electrons. The first-order valence-electron chi connectivity index (χ1n) is 13.2. The highest BCUT2D eigenvalue weighted by Gasteiger charge is 2.16. The van der Waals surface area contributed by atoms with Gasteiger partial charge in [0.1, 0.15) is 23.9 Å². The Morgan fingerprint density at radius 2 is 1.79 bits per heavy atom. The van der Waals surface area contributed by atoms with E-state index < -0.39 is 0 Å². The second kappa shape index (κ2) is 14.3. The van der Waals surface area contributed by atoms with E-state index in [0.29, 0.717) is 46.1 Å². The minimum Gasteiger partial charge on any atom is -0.494 e. The van der Waals surface area contributed by atoms with Gasteiger partial charge in [0.25, 0.3) is 0 Å². The van der Waals surface area contributed by atoms with E-state index in [1.807, 2.05) is 45.4 Å². The highest BCUT2D eigenvalue weighted by atomic mass is 35.5. The molecule has 12 heteroatoms. The third-order valence-corrected chi connectivity index (χ3v) is 6.32. The molecule has 0 saturated carbocycles. The van der Waals surface area contributed by atoms with Gasteiger partial charge in [0, 0.05) is 57.7 Å². The summed E-state index contributed by atoms with van der Waals surface area (Å²) >= 11 is 6.43. The molecule has 2 heterocycles. The van der Waals surface area contributed by atoms with Crippen LogP contribution < -0.4 is 29.7 Å². The molecule has 4 rings (SSSR count). The third-order valence-electron chi connectivity index (χ3n) is 6.03. The number of likely N-dealkylation sites (N-methyl/N-ethyl adjacent to an activating group) is 2. The quantitative estimate of drug-likeness (QED) is 0.203. The number of halogens is 1. The van der Waals surface area contributed by atoms with Gasteiger partial charge < -0.3 is 34.6 Å². The SMILES string of the molecule is COc1cc(N(C)CCN(C)C)c(NC(C)=O)cc1Nc1nccc(Oc2ccc(OCc3ccccn3)c(Cl)c2)n1. The van der Waals surface area contributed by atoms with Gasteiger partial charge >= 0.3 is 0 Å². The molecule has 0 spiro atoms. The number of pyridine rings is 1. The molecule has 0 radical (unpaired) electrons. The van der Waals surface area contributed by atoms with Crippen molar-refractivity contribution < 1.29 is 19.0 Å². The lowest BCUT2D eigenvalue weighted by Gasteiger charge is -2.25. The predicted octanol–water partition coefficient (Wildman–Crippen LogP) is 5.60. The fourth-order valence-corrected chi connectivity index (χ4v) is 4.13. The van der Waals surface area contributed by atoms with Gasteiger partial charge in [0.2, 0.25) is 17.7 Å². The lowest BCUT2D eigenvalue weighted by atomic mass is 10.2. The van der Waals surface area contributed by atoms with Crippen LogP contribution in [-0.2, 0) is 11.4 Å². The van der Waals surface area contributed by atoms with Gasteiger partial charge in [-0.15, -0.1) is 0 Å². The van der Waals surface area contributed by atoms with Crippen LogP contribution in [0.1, 0.15) is 12.6 Å². The Morgan fingerprint density at radius 3 is 2.48 bits per heavy atom. The molecule has 1 amide bonds. The number of aromatic nitrogens is 3. The molecular weight excluding hydrogens is 558 g/mol. The molecule has 4 aromatic rings. The average molecular weight is 592 g/mol. The Bertz CT molecular complexity index is 1500. The van der Waals surface area contributed by atoms with Gasteiger partial charge in [-0.1, -0.05) is 17.7 Å². The molecule has 0 atom stereocenters. The second-order valence-corrected chi connectivity index (χ2v) is 10.0. The predicted molar refractivity (Wildman–Crippen MR) is 165 cm³/mol. The molecule has 0 saturated heterocycles. The summed E-state index contributed by atoms with van der Waals surface area (Å²) < 4.78 is 17.4. The first-order chi connectivity index (χ1) is 20.2. The van der Waals surface area contributed by atoms with Crippen molar-refractivity contribution in [2.75, 3.05) is 56.9 Å². The molecule has 0 unspecified atom stereocenters. The lowest BCUT2D eigenvalue weighted by molar-refractivity contribution is -0.114. The second-order valence-electron chi connectivity index (χ2n) is 9.62. The summed E-state index contributed by atoms with van der Waals surface area (Å²) in [5, 5.41) is 6.48. The van der Waals surface area contributed by atoms with Gasteiger partial charge in [-0.2, -0.15) is 4.98 Å². The number of carbonyl (C=O) groups excluding carboxylic acids is 1. The van der Waals surface area contributed by atoms with Crippen LogP contribution in [0.2, 0.25) is 5.02 Å². The standard InChI is InChI=1S/C30H34ClN7O4/c1-20(39)34-24-17-25(28(40-5)18-26(24)38(4)15-14-37(2)3)35-30-33-13-11-29(36-30)42-22-9-10-27(23(31)16-22)41-19-21-8-6-7-12-32-21/h6-13,16-18H,14-15,19H2,1-5H3,(H,34,39)(H,33,35,36). The first-order valence-corrected chi connectivity index (χ1v) is 13.5. The van der Waals surface area contributed by atoms with E-state index in [4.69, 9.17) is 25.8 Å². The maximum Gasteiger partial charge on any atom is 0.230 e. The average Bonchev–Trinajstić information content (AvgIpc) is 2.96. The van der Waals surface area contributed by atoms with Gasteiger partial charge in [-0.3, -0.25) is 9.78 Å². The number of amides is 1. The first kappa shape index (κ1) is 30.4. The molecular formula is C30H34ClN7O4. The maximum atomic E-state index is 12.0. The number of hydrogen-bond donors (Lipinski definition) is 2. The smallest absolute Gasteiger partial charge is 0.230 e. The minimum absolute atomic E-state index is 0.188. The Hall–Kier alpha value is -4.61. The van der Waals surface area contributed by atoms with E-state index in [9.17, 15) is 4.79 Å². The van der Waals surface area contributed by atoms with E-state index in [1.165, 1.54) is 6.92 Å². The van der Waals surface area contributed by atoms with Gasteiger partial charge in [0.15, 0.2) is 0 Å². The molecule has 0 aliphatic rings. The molecule has 11 nitrogen and oxygen atoms in total. The fraction of sp³-hybridized carbons (Fsp3) is 0.267. The van der Waals surface area contributed by atoms with Gasteiger partial charge in [-0.25, -0.2) is 4.98 Å². The summed E-state index contributed by atoms with van der Waals surface area (Å²) in [5.41, 5.74) is 2.80. The number of benzene rings is 2. The number of anilines is 4. The Balaban J connectivity index is 1.50. The van der Waals surface area contributed by atoms with E-state index >= 15 is 0 Å². The highest BCUT2D eigenvalue weighted by molar-refractivity contribution is 6.32. The molecule has 2 aromatic heterocycles. The van der Waals surface area contributed by atoms with E-state index in [2.05, 4.69) is 35.4 Å². The fourth-order valence-electron chi connectivity index (χ4n) is 3.91. The normalized spacial score (nSPS) is 10.7. The van der Waals surface area contributed by atoms with Crippen molar-refractivity contribution in [3.8, 4) is 23.1 Å². The zero-order valence-electron chi connectivity index (χ0n) is 24.2.